The van der Waals surface area contributed by atoms with Gasteiger partial charge in [0.05, 0.1) is 15.3 Å². The summed E-state index contributed by atoms with van der Waals surface area (Å²) in [5.41, 5.74) is 4.67. The van der Waals surface area contributed by atoms with Gasteiger partial charge in [-0.25, -0.2) is 13.9 Å². The molecule has 0 aliphatic carbocycles. The van der Waals surface area contributed by atoms with E-state index >= 15 is 0 Å². The van der Waals surface area contributed by atoms with E-state index < -0.39 is 0 Å². The van der Waals surface area contributed by atoms with E-state index in [0.717, 1.165) is 33.1 Å². The first-order valence-corrected chi connectivity index (χ1v) is 10.2. The fraction of sp³-hybridized carbons (Fsp3) is 0.0952. The molecule has 0 aliphatic heterocycles. The van der Waals surface area contributed by atoms with Crippen LogP contribution in [0.15, 0.2) is 64.4 Å². The summed E-state index contributed by atoms with van der Waals surface area (Å²) in [6.45, 7) is 0. The topological polar surface area (TPSA) is 43.1 Å². The molecule has 7 heteroatoms. The van der Waals surface area contributed by atoms with Gasteiger partial charge in [-0.1, -0.05) is 18.2 Å². The zero-order valence-corrected chi connectivity index (χ0v) is 17.9. The third-order valence-electron chi connectivity index (χ3n) is 4.38. The van der Waals surface area contributed by atoms with Gasteiger partial charge in [0.25, 0.3) is 0 Å². The molecule has 140 valence electrons. The Labute approximate surface area is 178 Å². The van der Waals surface area contributed by atoms with E-state index in [4.69, 9.17) is 4.98 Å². The van der Waals surface area contributed by atoms with Gasteiger partial charge in [0, 0.05) is 29.2 Å². The quantitative estimate of drug-likeness (QED) is 0.347. The third-order valence-corrected chi connectivity index (χ3v) is 4.84. The predicted molar refractivity (Wildman–Crippen MR) is 116 cm³/mol. The van der Waals surface area contributed by atoms with Gasteiger partial charge >= 0.3 is 0 Å². The minimum absolute atomic E-state index is 0.296. The van der Waals surface area contributed by atoms with Crippen molar-refractivity contribution in [3.63, 3.8) is 0 Å². The minimum Gasteiger partial charge on any atom is -0.264 e. The Morgan fingerprint density at radius 1 is 1.07 bits per heavy atom. The fourth-order valence-corrected chi connectivity index (χ4v) is 3.56. The van der Waals surface area contributed by atoms with Crippen LogP contribution in [0.3, 0.4) is 0 Å². The van der Waals surface area contributed by atoms with Crippen molar-refractivity contribution < 1.29 is 4.39 Å². The SMILES string of the molecule is Fc1ccccc1-c1cc(CCc2cccnc2)n2ncc(C=C(Br)Br)c2n1. The highest BCUT2D eigenvalue weighted by molar-refractivity contribution is 9.28. The molecule has 0 saturated heterocycles. The molecule has 4 nitrogen and oxygen atoms in total. The highest BCUT2D eigenvalue weighted by atomic mass is 79.9. The van der Waals surface area contributed by atoms with E-state index in [9.17, 15) is 4.39 Å². The molecule has 4 aromatic rings. The maximum Gasteiger partial charge on any atom is 0.163 e. The van der Waals surface area contributed by atoms with Crippen LogP contribution in [0.1, 0.15) is 16.8 Å². The minimum atomic E-state index is -0.296. The van der Waals surface area contributed by atoms with Crippen LogP contribution in [0.4, 0.5) is 4.39 Å². The molecule has 0 N–H and O–H groups in total. The van der Waals surface area contributed by atoms with Crippen LogP contribution in [0.5, 0.6) is 0 Å². The number of halogens is 3. The maximum absolute atomic E-state index is 14.4. The number of nitrogens with zero attached hydrogens (tertiary/aromatic N) is 4. The highest BCUT2D eigenvalue weighted by Crippen LogP contribution is 2.26. The molecule has 0 atom stereocenters. The average molecular weight is 502 g/mol. The molecule has 3 heterocycles. The first-order chi connectivity index (χ1) is 13.6. The van der Waals surface area contributed by atoms with E-state index in [1.165, 1.54) is 6.07 Å². The summed E-state index contributed by atoms with van der Waals surface area (Å²) in [6, 6.07) is 12.6. The van der Waals surface area contributed by atoms with Gasteiger partial charge in [0.15, 0.2) is 5.65 Å². The predicted octanol–water partition coefficient (Wildman–Crippen LogP) is 5.80. The number of benzene rings is 1. The highest BCUT2D eigenvalue weighted by Gasteiger charge is 2.14. The lowest BCUT2D eigenvalue weighted by Gasteiger charge is -2.09. The molecular formula is C21H15Br2FN4. The molecule has 0 bridgehead atoms. The molecule has 0 unspecified atom stereocenters. The summed E-state index contributed by atoms with van der Waals surface area (Å²) in [6.07, 6.45) is 8.78. The fourth-order valence-electron chi connectivity index (χ4n) is 3.06. The standard InChI is InChI=1S/C21H15Br2FN4/c22-20(23)10-15-13-26-28-16(8-7-14-4-3-9-25-12-14)11-19(27-21(15)28)17-5-1-2-6-18(17)24/h1-6,9-13H,7-8H2. The first kappa shape index (κ1) is 19.0. The number of rotatable bonds is 5. The zero-order chi connectivity index (χ0) is 19.5. The lowest BCUT2D eigenvalue weighted by Crippen LogP contribution is -2.04. The van der Waals surface area contributed by atoms with Crippen LogP contribution < -0.4 is 0 Å². The second-order valence-corrected chi connectivity index (χ2v) is 9.02. The normalized spacial score (nSPS) is 11.0. The Bertz CT molecular complexity index is 1150. The van der Waals surface area contributed by atoms with E-state index in [-0.39, 0.29) is 5.82 Å². The molecule has 28 heavy (non-hydrogen) atoms. The molecule has 0 spiro atoms. The largest absolute Gasteiger partial charge is 0.264 e. The summed E-state index contributed by atoms with van der Waals surface area (Å²) in [7, 11) is 0. The van der Waals surface area contributed by atoms with Gasteiger partial charge in [0.1, 0.15) is 5.82 Å². The number of pyridine rings is 1. The van der Waals surface area contributed by atoms with E-state index in [0.29, 0.717) is 16.9 Å². The van der Waals surface area contributed by atoms with Crippen molar-refractivity contribution in [2.45, 2.75) is 12.8 Å². The van der Waals surface area contributed by atoms with Crippen molar-refractivity contribution in [1.29, 1.82) is 0 Å². The van der Waals surface area contributed by atoms with Gasteiger partial charge < -0.3 is 0 Å². The Kier molecular flexibility index (Phi) is 5.64. The van der Waals surface area contributed by atoms with Crippen LogP contribution in [0, 0.1) is 5.82 Å². The number of aryl methyl sites for hydroxylation is 2. The summed E-state index contributed by atoms with van der Waals surface area (Å²) >= 11 is 6.76. The van der Waals surface area contributed by atoms with Gasteiger partial charge in [-0.05, 0) is 80.6 Å². The number of hydrogen-bond donors (Lipinski definition) is 0. The lowest BCUT2D eigenvalue weighted by atomic mass is 10.1. The number of fused-ring (bicyclic) bond motifs is 1. The van der Waals surface area contributed by atoms with Crippen molar-refractivity contribution in [3.05, 3.63) is 87.1 Å². The Balaban J connectivity index is 1.83. The zero-order valence-electron chi connectivity index (χ0n) is 14.7. The van der Waals surface area contributed by atoms with Gasteiger partial charge in [-0.3, -0.25) is 4.98 Å². The lowest BCUT2D eigenvalue weighted by molar-refractivity contribution is 0.630. The summed E-state index contributed by atoms with van der Waals surface area (Å²) in [5.74, 6) is -0.296. The smallest absolute Gasteiger partial charge is 0.163 e. The van der Waals surface area contributed by atoms with Crippen LogP contribution in [-0.4, -0.2) is 19.6 Å². The van der Waals surface area contributed by atoms with E-state index in [1.54, 1.807) is 24.5 Å². The molecule has 0 radical (unpaired) electrons. The van der Waals surface area contributed by atoms with Crippen molar-refractivity contribution in [2.24, 2.45) is 0 Å². The van der Waals surface area contributed by atoms with E-state index in [2.05, 4.69) is 41.9 Å². The van der Waals surface area contributed by atoms with Crippen LogP contribution >= 0.6 is 31.9 Å². The number of aromatic nitrogens is 4. The van der Waals surface area contributed by atoms with Crippen molar-refractivity contribution in [1.82, 2.24) is 19.6 Å². The third kappa shape index (κ3) is 4.05. The van der Waals surface area contributed by atoms with Crippen molar-refractivity contribution in [2.75, 3.05) is 0 Å². The monoisotopic (exact) mass is 500 g/mol. The molecule has 0 amide bonds. The van der Waals surface area contributed by atoms with E-state index in [1.807, 2.05) is 41.1 Å². The van der Waals surface area contributed by atoms with Crippen molar-refractivity contribution >= 4 is 43.6 Å². The molecule has 0 aliphatic rings. The van der Waals surface area contributed by atoms with Gasteiger partial charge in [-0.15, -0.1) is 0 Å². The molecule has 3 aromatic heterocycles. The maximum atomic E-state index is 14.4. The Morgan fingerprint density at radius 2 is 1.93 bits per heavy atom. The second-order valence-electron chi connectivity index (χ2n) is 6.24. The first-order valence-electron chi connectivity index (χ1n) is 8.66. The van der Waals surface area contributed by atoms with Crippen LogP contribution in [-0.2, 0) is 12.8 Å². The van der Waals surface area contributed by atoms with Gasteiger partial charge in [0.2, 0.25) is 0 Å². The molecule has 4 rings (SSSR count). The summed E-state index contributed by atoms with van der Waals surface area (Å²) in [5, 5.41) is 4.50. The number of hydrogen-bond acceptors (Lipinski definition) is 3. The molecule has 1 aromatic carbocycles. The molecule has 0 fully saturated rings. The second kappa shape index (κ2) is 8.32. The Hall–Kier alpha value is -2.38. The van der Waals surface area contributed by atoms with Crippen LogP contribution in [0.2, 0.25) is 0 Å². The molecular weight excluding hydrogens is 487 g/mol. The Morgan fingerprint density at radius 3 is 2.68 bits per heavy atom. The molecule has 0 saturated carbocycles. The van der Waals surface area contributed by atoms with Crippen molar-refractivity contribution in [3.8, 4) is 11.3 Å². The summed E-state index contributed by atoms with van der Waals surface area (Å²) in [4.78, 5) is 8.87. The van der Waals surface area contributed by atoms with Crippen LogP contribution in [0.25, 0.3) is 23.0 Å². The summed E-state index contributed by atoms with van der Waals surface area (Å²) < 4.78 is 17.0. The average Bonchev–Trinajstić information content (AvgIpc) is 3.09. The van der Waals surface area contributed by atoms with Gasteiger partial charge in [-0.2, -0.15) is 5.10 Å².